The zero-order valence-corrected chi connectivity index (χ0v) is 11.1. The van der Waals surface area contributed by atoms with Crippen LogP contribution in [-0.2, 0) is 6.54 Å². The first-order valence-corrected chi connectivity index (χ1v) is 6.76. The summed E-state index contributed by atoms with van der Waals surface area (Å²) in [5.41, 5.74) is 0.869. The molecule has 1 aromatic heterocycles. The topological polar surface area (TPSA) is 68.0 Å². The Labute approximate surface area is 107 Å². The van der Waals surface area contributed by atoms with E-state index in [-0.39, 0.29) is 11.6 Å². The third kappa shape index (κ3) is 2.71. The van der Waals surface area contributed by atoms with Crippen molar-refractivity contribution in [3.05, 3.63) is 11.4 Å². The van der Waals surface area contributed by atoms with E-state index in [0.29, 0.717) is 5.92 Å². The third-order valence-corrected chi connectivity index (χ3v) is 3.68. The molecule has 0 atom stereocenters. The van der Waals surface area contributed by atoms with Gasteiger partial charge in [-0.25, -0.2) is 9.48 Å². The maximum Gasteiger partial charge on any atom is 0.358 e. The van der Waals surface area contributed by atoms with Gasteiger partial charge < -0.3 is 5.11 Å². The minimum Gasteiger partial charge on any atom is -0.476 e. The smallest absolute Gasteiger partial charge is 0.358 e. The van der Waals surface area contributed by atoms with Crippen LogP contribution in [0.2, 0.25) is 0 Å². The van der Waals surface area contributed by atoms with Crippen molar-refractivity contribution >= 4 is 5.97 Å². The van der Waals surface area contributed by atoms with E-state index in [9.17, 15) is 4.79 Å². The van der Waals surface area contributed by atoms with Crippen LogP contribution in [0.4, 0.5) is 0 Å². The molecule has 1 aliphatic rings. The number of carboxylic acid groups (broad SMARTS) is 1. The van der Waals surface area contributed by atoms with Crippen LogP contribution in [0, 0.1) is 5.92 Å². The normalized spacial score (nSPS) is 17.3. The van der Waals surface area contributed by atoms with Crippen LogP contribution in [0.25, 0.3) is 0 Å². The summed E-state index contributed by atoms with van der Waals surface area (Å²) in [6.45, 7) is 4.79. The number of carboxylic acids is 1. The molecular formula is C13H21N3O2. The fourth-order valence-corrected chi connectivity index (χ4v) is 2.79. The van der Waals surface area contributed by atoms with Gasteiger partial charge in [0.1, 0.15) is 0 Å². The molecule has 1 heterocycles. The van der Waals surface area contributed by atoms with Crippen molar-refractivity contribution in [2.75, 3.05) is 0 Å². The summed E-state index contributed by atoms with van der Waals surface area (Å²) in [6.07, 6.45) is 6.33. The summed E-state index contributed by atoms with van der Waals surface area (Å²) in [6, 6.07) is 0. The number of aromatic nitrogens is 3. The molecule has 0 unspecified atom stereocenters. The molecule has 0 aromatic carbocycles. The zero-order chi connectivity index (χ0) is 13.1. The van der Waals surface area contributed by atoms with E-state index in [2.05, 4.69) is 10.3 Å². The molecule has 0 aliphatic heterocycles. The number of carbonyl (C=O) groups is 1. The highest BCUT2D eigenvalue weighted by Crippen LogP contribution is 2.26. The lowest BCUT2D eigenvalue weighted by Gasteiger charge is -2.22. The summed E-state index contributed by atoms with van der Waals surface area (Å²) in [4.78, 5) is 11.1. The summed E-state index contributed by atoms with van der Waals surface area (Å²) in [5.74, 6) is -0.220. The number of hydrogen-bond donors (Lipinski definition) is 1. The number of hydrogen-bond acceptors (Lipinski definition) is 3. The van der Waals surface area contributed by atoms with Crippen molar-refractivity contribution in [3.8, 4) is 0 Å². The summed E-state index contributed by atoms with van der Waals surface area (Å²) in [7, 11) is 0. The molecule has 0 saturated heterocycles. The van der Waals surface area contributed by atoms with Crippen LogP contribution in [0.3, 0.4) is 0 Å². The predicted octanol–water partition coefficient (Wildman–Crippen LogP) is 2.68. The van der Waals surface area contributed by atoms with Crippen molar-refractivity contribution in [1.82, 2.24) is 15.0 Å². The summed E-state index contributed by atoms with van der Waals surface area (Å²) >= 11 is 0. The summed E-state index contributed by atoms with van der Waals surface area (Å²) in [5, 5.41) is 17.0. The third-order valence-electron chi connectivity index (χ3n) is 3.68. The van der Waals surface area contributed by atoms with E-state index < -0.39 is 5.97 Å². The van der Waals surface area contributed by atoms with Gasteiger partial charge in [-0.1, -0.05) is 38.3 Å². The highest BCUT2D eigenvalue weighted by molar-refractivity contribution is 5.86. The highest BCUT2D eigenvalue weighted by Gasteiger charge is 2.23. The van der Waals surface area contributed by atoms with Gasteiger partial charge in [0.15, 0.2) is 5.69 Å². The van der Waals surface area contributed by atoms with Crippen molar-refractivity contribution in [3.63, 3.8) is 0 Å². The zero-order valence-electron chi connectivity index (χ0n) is 11.1. The van der Waals surface area contributed by atoms with E-state index in [1.807, 2.05) is 18.5 Å². The van der Waals surface area contributed by atoms with Gasteiger partial charge in [-0.3, -0.25) is 0 Å². The molecule has 5 heteroatoms. The first kappa shape index (κ1) is 13.1. The Morgan fingerprint density at radius 3 is 2.61 bits per heavy atom. The molecule has 100 valence electrons. The lowest BCUT2D eigenvalue weighted by Crippen LogP contribution is -2.18. The molecule has 0 radical (unpaired) electrons. The van der Waals surface area contributed by atoms with Crippen LogP contribution >= 0.6 is 0 Å². The molecule has 5 nitrogen and oxygen atoms in total. The highest BCUT2D eigenvalue weighted by atomic mass is 16.4. The van der Waals surface area contributed by atoms with Crippen LogP contribution in [0.5, 0.6) is 0 Å². The molecule has 0 spiro atoms. The van der Waals surface area contributed by atoms with Crippen molar-refractivity contribution in [1.29, 1.82) is 0 Å². The van der Waals surface area contributed by atoms with Gasteiger partial charge in [-0.05, 0) is 24.7 Å². The molecule has 0 bridgehead atoms. The Morgan fingerprint density at radius 1 is 1.39 bits per heavy atom. The van der Waals surface area contributed by atoms with Crippen molar-refractivity contribution < 1.29 is 9.90 Å². The largest absolute Gasteiger partial charge is 0.476 e. The molecule has 18 heavy (non-hydrogen) atoms. The average molecular weight is 251 g/mol. The van der Waals surface area contributed by atoms with E-state index in [0.717, 1.165) is 12.2 Å². The molecule has 1 saturated carbocycles. The Hall–Kier alpha value is -1.39. The van der Waals surface area contributed by atoms with Gasteiger partial charge in [0.2, 0.25) is 0 Å². The van der Waals surface area contributed by atoms with E-state index in [1.54, 1.807) is 0 Å². The molecule has 1 fully saturated rings. The van der Waals surface area contributed by atoms with Gasteiger partial charge in [0, 0.05) is 6.54 Å². The SMILES string of the molecule is CC(C)c1c(C(=O)O)nnn1CC1CCCCC1. The fraction of sp³-hybridized carbons (Fsp3) is 0.769. The second-order valence-electron chi connectivity index (χ2n) is 5.47. The van der Waals surface area contributed by atoms with Gasteiger partial charge in [-0.2, -0.15) is 0 Å². The lowest BCUT2D eigenvalue weighted by molar-refractivity contribution is 0.0688. The fourth-order valence-electron chi connectivity index (χ4n) is 2.79. The van der Waals surface area contributed by atoms with Gasteiger partial charge in [0.25, 0.3) is 0 Å². The number of rotatable bonds is 4. The monoisotopic (exact) mass is 251 g/mol. The lowest BCUT2D eigenvalue weighted by atomic mass is 9.89. The standard InChI is InChI=1S/C13H21N3O2/c1-9(2)12-11(13(17)18)14-15-16(12)8-10-6-4-3-5-7-10/h9-10H,3-8H2,1-2H3,(H,17,18). The summed E-state index contributed by atoms with van der Waals surface area (Å²) < 4.78 is 1.81. The number of aromatic carboxylic acids is 1. The van der Waals surface area contributed by atoms with Crippen molar-refractivity contribution in [2.24, 2.45) is 5.92 Å². The minimum absolute atomic E-state index is 0.112. The van der Waals surface area contributed by atoms with Crippen molar-refractivity contribution in [2.45, 2.75) is 58.4 Å². The molecule has 1 aliphatic carbocycles. The first-order chi connectivity index (χ1) is 8.59. The average Bonchev–Trinajstić information content (AvgIpc) is 2.74. The Kier molecular flexibility index (Phi) is 3.99. The van der Waals surface area contributed by atoms with E-state index in [4.69, 9.17) is 5.11 Å². The van der Waals surface area contributed by atoms with Gasteiger partial charge in [-0.15, -0.1) is 5.10 Å². The van der Waals surface area contributed by atoms with Gasteiger partial charge in [0.05, 0.1) is 5.69 Å². The first-order valence-electron chi connectivity index (χ1n) is 6.76. The Balaban J connectivity index is 2.19. The Bertz CT molecular complexity index is 420. The number of nitrogens with zero attached hydrogens (tertiary/aromatic N) is 3. The van der Waals surface area contributed by atoms with Gasteiger partial charge >= 0.3 is 5.97 Å². The maximum absolute atomic E-state index is 11.1. The van der Waals surface area contributed by atoms with E-state index >= 15 is 0 Å². The second kappa shape index (κ2) is 5.50. The van der Waals surface area contributed by atoms with Crippen LogP contribution in [0.15, 0.2) is 0 Å². The van der Waals surface area contributed by atoms with Crippen LogP contribution in [0.1, 0.15) is 68.1 Å². The molecule has 2 rings (SSSR count). The maximum atomic E-state index is 11.1. The van der Waals surface area contributed by atoms with E-state index in [1.165, 1.54) is 32.1 Å². The molecule has 1 N–H and O–H groups in total. The quantitative estimate of drug-likeness (QED) is 0.893. The van der Waals surface area contributed by atoms with Crippen LogP contribution < -0.4 is 0 Å². The second-order valence-corrected chi connectivity index (χ2v) is 5.47. The predicted molar refractivity (Wildman–Crippen MR) is 67.6 cm³/mol. The Morgan fingerprint density at radius 2 is 2.06 bits per heavy atom. The molecular weight excluding hydrogens is 230 g/mol. The van der Waals surface area contributed by atoms with Crippen LogP contribution in [-0.4, -0.2) is 26.1 Å². The minimum atomic E-state index is -0.978. The molecule has 0 amide bonds. The molecule has 1 aromatic rings.